The molecule has 4 nitrogen and oxygen atoms in total. The first-order valence-corrected chi connectivity index (χ1v) is 14.6. The summed E-state index contributed by atoms with van der Waals surface area (Å²) in [5.74, 6) is -1.93. The van der Waals surface area contributed by atoms with Gasteiger partial charge in [0.2, 0.25) is 0 Å². The van der Waals surface area contributed by atoms with Crippen molar-refractivity contribution in [2.45, 2.75) is 115 Å². The molecule has 1 N–H and O–H groups in total. The first-order valence-electron chi connectivity index (χ1n) is 14.6. The Bertz CT molecular complexity index is 1140. The van der Waals surface area contributed by atoms with Crippen molar-refractivity contribution in [1.29, 1.82) is 0 Å². The molecule has 2 aliphatic carbocycles. The Labute approximate surface area is 237 Å². The van der Waals surface area contributed by atoms with Gasteiger partial charge in [-0.3, -0.25) is 14.4 Å². The van der Waals surface area contributed by atoms with Crippen LogP contribution in [0.25, 0.3) is 0 Å². The van der Waals surface area contributed by atoms with E-state index >= 15 is 0 Å². The van der Waals surface area contributed by atoms with Crippen molar-refractivity contribution >= 4 is 17.3 Å². The standard InChI is InChI=1S/C35H52O4/c1-22(2)13-12-19-33(11)27(16-14-23(3)4)21-34(20-18-25(7)8)30(37)28(17-15-24(5)6)31(38)35(33,32(34)39)29(36)26(9)10/h13-15,18,26-27,37H,12,16-17,19-21H2,1-11H3/t27-,33+,34+,35-/m1/s1. The highest BCUT2D eigenvalue weighted by Crippen LogP contribution is 2.67. The van der Waals surface area contributed by atoms with E-state index in [0.29, 0.717) is 25.7 Å². The molecule has 1 fully saturated rings. The molecule has 0 aromatic carbocycles. The van der Waals surface area contributed by atoms with Crippen molar-refractivity contribution in [3.63, 3.8) is 0 Å². The van der Waals surface area contributed by atoms with E-state index in [0.717, 1.165) is 16.7 Å². The third-order valence-electron chi connectivity index (χ3n) is 8.98. The van der Waals surface area contributed by atoms with Crippen molar-refractivity contribution < 1.29 is 19.5 Å². The van der Waals surface area contributed by atoms with E-state index in [1.807, 2.05) is 74.5 Å². The molecule has 2 rings (SSSR count). The normalized spacial score (nSPS) is 28.3. The Morgan fingerprint density at radius 1 is 0.897 bits per heavy atom. The number of carbonyl (C=O) groups excluding carboxylic acids is 3. The van der Waals surface area contributed by atoms with Crippen LogP contribution >= 0.6 is 0 Å². The maximum absolute atomic E-state index is 15.0. The molecule has 0 aliphatic heterocycles. The van der Waals surface area contributed by atoms with E-state index in [1.165, 1.54) is 5.57 Å². The molecule has 0 aromatic rings. The fourth-order valence-corrected chi connectivity index (χ4v) is 6.71. The monoisotopic (exact) mass is 536 g/mol. The minimum atomic E-state index is -1.83. The lowest BCUT2D eigenvalue weighted by Crippen LogP contribution is -2.71. The van der Waals surface area contributed by atoms with Gasteiger partial charge < -0.3 is 5.11 Å². The van der Waals surface area contributed by atoms with Gasteiger partial charge in [-0.2, -0.15) is 0 Å². The number of hydrogen-bond donors (Lipinski definition) is 1. The van der Waals surface area contributed by atoms with Gasteiger partial charge in [0.15, 0.2) is 22.8 Å². The van der Waals surface area contributed by atoms with Gasteiger partial charge in [0.05, 0.1) is 5.41 Å². The van der Waals surface area contributed by atoms with Crippen LogP contribution in [0.1, 0.15) is 115 Å². The van der Waals surface area contributed by atoms with Crippen LogP contribution in [0.4, 0.5) is 0 Å². The largest absolute Gasteiger partial charge is 0.511 e. The van der Waals surface area contributed by atoms with Gasteiger partial charge >= 0.3 is 0 Å². The molecular formula is C35H52O4. The van der Waals surface area contributed by atoms with Crippen LogP contribution in [0, 0.1) is 28.1 Å². The minimum Gasteiger partial charge on any atom is -0.511 e. The van der Waals surface area contributed by atoms with Crippen molar-refractivity contribution in [2.75, 3.05) is 0 Å². The van der Waals surface area contributed by atoms with E-state index in [9.17, 15) is 19.5 Å². The van der Waals surface area contributed by atoms with E-state index < -0.39 is 27.9 Å². The van der Waals surface area contributed by atoms with E-state index in [2.05, 4.69) is 12.2 Å². The Morgan fingerprint density at radius 2 is 1.44 bits per heavy atom. The van der Waals surface area contributed by atoms with E-state index in [-0.39, 0.29) is 41.7 Å². The lowest BCUT2D eigenvalue weighted by molar-refractivity contribution is -0.180. The van der Waals surface area contributed by atoms with Crippen LogP contribution in [-0.4, -0.2) is 22.5 Å². The number of carbonyl (C=O) groups is 3. The number of aliphatic hydroxyl groups is 1. The van der Waals surface area contributed by atoms with Gasteiger partial charge in [-0.25, -0.2) is 0 Å². The van der Waals surface area contributed by atoms with E-state index in [4.69, 9.17) is 0 Å². The number of ketones is 3. The van der Waals surface area contributed by atoms with Crippen LogP contribution in [-0.2, 0) is 14.4 Å². The highest BCUT2D eigenvalue weighted by Gasteiger charge is 2.75. The predicted molar refractivity (Wildman–Crippen MR) is 161 cm³/mol. The minimum absolute atomic E-state index is 0.117. The number of aliphatic hydroxyl groups excluding tert-OH is 1. The average molecular weight is 537 g/mol. The van der Waals surface area contributed by atoms with Crippen LogP contribution in [0.5, 0.6) is 0 Å². The topological polar surface area (TPSA) is 71.4 Å². The molecule has 2 aliphatic rings. The van der Waals surface area contributed by atoms with Crippen LogP contribution in [0.3, 0.4) is 0 Å². The summed E-state index contributed by atoms with van der Waals surface area (Å²) in [4.78, 5) is 44.3. The fourth-order valence-electron chi connectivity index (χ4n) is 6.71. The molecule has 4 heteroatoms. The zero-order valence-electron chi connectivity index (χ0n) is 26.4. The summed E-state index contributed by atoms with van der Waals surface area (Å²) in [5, 5.41) is 11.9. The molecule has 216 valence electrons. The molecule has 39 heavy (non-hydrogen) atoms. The van der Waals surface area contributed by atoms with Crippen molar-refractivity contribution in [2.24, 2.45) is 28.1 Å². The molecule has 0 saturated heterocycles. The SMILES string of the molecule is CC(C)=CCC[C@@]1(C)[C@H](CC=C(C)C)C[C@]2(CC=C(C)C)C(=O)[C@@]1(C(=O)C(C)C)C(=O)C(CC=C(C)C)=C2O. The second-order valence-corrected chi connectivity index (χ2v) is 13.5. The highest BCUT2D eigenvalue weighted by molar-refractivity contribution is 6.33. The quantitative estimate of drug-likeness (QED) is 0.211. The van der Waals surface area contributed by atoms with Gasteiger partial charge in [0, 0.05) is 11.5 Å². The number of Topliss-reactive ketones (excluding diaryl/α,β-unsaturated/α-hetero) is 3. The zero-order valence-corrected chi connectivity index (χ0v) is 26.4. The zero-order chi connectivity index (χ0) is 29.9. The van der Waals surface area contributed by atoms with Crippen LogP contribution < -0.4 is 0 Å². The Hall–Kier alpha value is -2.49. The third kappa shape index (κ3) is 5.86. The summed E-state index contributed by atoms with van der Waals surface area (Å²) in [7, 11) is 0. The molecule has 0 amide bonds. The summed E-state index contributed by atoms with van der Waals surface area (Å²) in [5.41, 5.74) is 0.583. The van der Waals surface area contributed by atoms with Gasteiger partial charge in [0.25, 0.3) is 0 Å². The molecule has 0 heterocycles. The second-order valence-electron chi connectivity index (χ2n) is 13.5. The Kier molecular flexibility index (Phi) is 10.4. The summed E-state index contributed by atoms with van der Waals surface area (Å²) in [6.07, 6.45) is 11.0. The molecule has 0 radical (unpaired) electrons. The first kappa shape index (κ1) is 32.7. The van der Waals surface area contributed by atoms with Gasteiger partial charge in [-0.1, -0.05) is 67.4 Å². The third-order valence-corrected chi connectivity index (χ3v) is 8.98. The van der Waals surface area contributed by atoms with Crippen molar-refractivity contribution in [3.8, 4) is 0 Å². The first-order chi connectivity index (χ1) is 18.0. The van der Waals surface area contributed by atoms with Crippen molar-refractivity contribution in [3.05, 3.63) is 57.9 Å². The van der Waals surface area contributed by atoms with Gasteiger partial charge in [-0.05, 0) is 105 Å². The molecule has 4 atom stereocenters. The molecular weight excluding hydrogens is 484 g/mol. The number of allylic oxidation sites excluding steroid dienone is 10. The fraction of sp³-hybridized carbons (Fsp3) is 0.629. The second kappa shape index (κ2) is 12.4. The number of hydrogen-bond acceptors (Lipinski definition) is 4. The van der Waals surface area contributed by atoms with Crippen LogP contribution in [0.2, 0.25) is 0 Å². The molecule has 0 unspecified atom stereocenters. The maximum atomic E-state index is 15.0. The predicted octanol–water partition coefficient (Wildman–Crippen LogP) is 8.99. The number of rotatable bonds is 11. The Morgan fingerprint density at radius 3 is 1.92 bits per heavy atom. The average Bonchev–Trinajstić information content (AvgIpc) is 2.81. The Balaban J connectivity index is 3.09. The lowest BCUT2D eigenvalue weighted by Gasteiger charge is -2.61. The smallest absolute Gasteiger partial charge is 0.184 e. The summed E-state index contributed by atoms with van der Waals surface area (Å²) < 4.78 is 0. The van der Waals surface area contributed by atoms with Gasteiger partial charge in [-0.15, -0.1) is 0 Å². The van der Waals surface area contributed by atoms with E-state index in [1.54, 1.807) is 13.8 Å². The van der Waals surface area contributed by atoms with Gasteiger partial charge in [0.1, 0.15) is 5.76 Å². The molecule has 2 bridgehead atoms. The summed E-state index contributed by atoms with van der Waals surface area (Å²) in [6.45, 7) is 21.6. The summed E-state index contributed by atoms with van der Waals surface area (Å²) >= 11 is 0. The lowest BCUT2D eigenvalue weighted by atomic mass is 9.38. The maximum Gasteiger partial charge on any atom is 0.184 e. The highest BCUT2D eigenvalue weighted by atomic mass is 16.3. The molecule has 1 saturated carbocycles. The summed E-state index contributed by atoms with van der Waals surface area (Å²) in [6, 6.07) is 0. The number of fused-ring (bicyclic) bond motifs is 2. The van der Waals surface area contributed by atoms with Crippen molar-refractivity contribution in [1.82, 2.24) is 0 Å². The molecule has 0 spiro atoms. The van der Waals surface area contributed by atoms with Crippen LogP contribution in [0.15, 0.2) is 57.9 Å². The molecule has 0 aromatic heterocycles.